The van der Waals surface area contributed by atoms with Crippen molar-refractivity contribution in [2.24, 2.45) is 5.92 Å². The van der Waals surface area contributed by atoms with E-state index in [9.17, 15) is 4.79 Å². The molecule has 1 saturated carbocycles. The Kier molecular flexibility index (Phi) is 4.76. The van der Waals surface area contributed by atoms with Crippen LogP contribution >= 0.6 is 11.6 Å². The number of hydrogen-bond acceptors (Lipinski definition) is 3. The maximum Gasteiger partial charge on any atom is 0.306 e. The third kappa shape index (κ3) is 3.37. The monoisotopic (exact) mass is 297 g/mol. The Hall–Kier alpha value is -1.42. The number of carbonyl (C=O) groups is 1. The molecule has 1 aliphatic rings. The van der Waals surface area contributed by atoms with E-state index in [1.165, 1.54) is 0 Å². The predicted octanol–water partition coefficient (Wildman–Crippen LogP) is 3.71. The Morgan fingerprint density at radius 1 is 1.45 bits per heavy atom. The lowest BCUT2D eigenvalue weighted by Crippen LogP contribution is -2.31. The molecule has 1 fully saturated rings. The number of methoxy groups -OCH3 is 1. The molecule has 2 N–H and O–H groups in total. The molecule has 0 spiro atoms. The van der Waals surface area contributed by atoms with Crippen molar-refractivity contribution in [2.75, 3.05) is 12.4 Å². The molecule has 2 atom stereocenters. The van der Waals surface area contributed by atoms with E-state index in [0.717, 1.165) is 30.5 Å². The normalized spacial score (nSPS) is 22.4. The zero-order valence-electron chi connectivity index (χ0n) is 11.8. The van der Waals surface area contributed by atoms with E-state index < -0.39 is 5.97 Å². The number of aryl methyl sites for hydroxylation is 1. The number of nitrogens with one attached hydrogen (secondary N) is 1. The summed E-state index contributed by atoms with van der Waals surface area (Å²) in [5.41, 5.74) is 1.85. The van der Waals surface area contributed by atoms with E-state index in [1.54, 1.807) is 13.2 Å². The largest absolute Gasteiger partial charge is 0.495 e. The second-order valence-corrected chi connectivity index (χ2v) is 5.75. The van der Waals surface area contributed by atoms with Crippen molar-refractivity contribution in [3.8, 4) is 5.75 Å². The summed E-state index contributed by atoms with van der Waals surface area (Å²) in [6.45, 7) is 1.94. The first-order valence-electron chi connectivity index (χ1n) is 6.84. The molecule has 110 valence electrons. The van der Waals surface area contributed by atoms with Crippen LogP contribution in [0.3, 0.4) is 0 Å². The topological polar surface area (TPSA) is 58.6 Å². The van der Waals surface area contributed by atoms with Gasteiger partial charge in [-0.1, -0.05) is 18.0 Å². The van der Waals surface area contributed by atoms with Crippen LogP contribution < -0.4 is 10.1 Å². The van der Waals surface area contributed by atoms with Crippen LogP contribution in [-0.2, 0) is 4.79 Å². The minimum absolute atomic E-state index is 0.166. The van der Waals surface area contributed by atoms with Gasteiger partial charge in [0.1, 0.15) is 5.75 Å². The molecule has 0 bridgehead atoms. The van der Waals surface area contributed by atoms with Gasteiger partial charge in [-0.2, -0.15) is 0 Å². The van der Waals surface area contributed by atoms with Gasteiger partial charge in [0.05, 0.1) is 18.7 Å². The lowest BCUT2D eigenvalue weighted by Gasteiger charge is -2.29. The summed E-state index contributed by atoms with van der Waals surface area (Å²) in [6, 6.07) is 3.90. The zero-order valence-corrected chi connectivity index (χ0v) is 12.5. The van der Waals surface area contributed by atoms with Crippen molar-refractivity contribution in [3.05, 3.63) is 22.7 Å². The van der Waals surface area contributed by atoms with Crippen molar-refractivity contribution in [1.82, 2.24) is 0 Å². The lowest BCUT2D eigenvalue weighted by atomic mass is 9.85. The number of benzene rings is 1. The molecule has 4 nitrogen and oxygen atoms in total. The molecule has 0 aromatic heterocycles. The highest BCUT2D eigenvalue weighted by atomic mass is 35.5. The van der Waals surface area contributed by atoms with Crippen molar-refractivity contribution >= 4 is 23.3 Å². The van der Waals surface area contributed by atoms with Crippen LogP contribution in [0.5, 0.6) is 5.75 Å². The van der Waals surface area contributed by atoms with Crippen LogP contribution in [0.15, 0.2) is 12.1 Å². The van der Waals surface area contributed by atoms with Crippen LogP contribution in [0, 0.1) is 12.8 Å². The molecule has 5 heteroatoms. The van der Waals surface area contributed by atoms with Crippen LogP contribution in [0.25, 0.3) is 0 Å². The van der Waals surface area contributed by atoms with Crippen molar-refractivity contribution in [3.63, 3.8) is 0 Å². The van der Waals surface area contributed by atoms with E-state index >= 15 is 0 Å². The standard InChI is InChI=1S/C15H20ClNO3/c1-9-6-13(14(20-2)8-12(9)16)17-11-5-3-4-10(7-11)15(18)19/h6,8,10-11,17H,3-5,7H2,1-2H3,(H,18,19). The van der Waals surface area contributed by atoms with E-state index in [1.807, 2.05) is 13.0 Å². The number of halogens is 1. The number of carboxylic acids is 1. The molecule has 2 unspecified atom stereocenters. The highest BCUT2D eigenvalue weighted by molar-refractivity contribution is 6.31. The van der Waals surface area contributed by atoms with E-state index in [4.69, 9.17) is 21.4 Å². The summed E-state index contributed by atoms with van der Waals surface area (Å²) in [6.07, 6.45) is 3.34. The number of aliphatic carboxylic acids is 1. The molecule has 1 aromatic rings. The van der Waals surface area contributed by atoms with Crippen LogP contribution in [-0.4, -0.2) is 24.2 Å². The first kappa shape index (κ1) is 15.0. The minimum Gasteiger partial charge on any atom is -0.495 e. The first-order valence-corrected chi connectivity index (χ1v) is 7.22. The number of anilines is 1. The molecule has 0 aliphatic heterocycles. The van der Waals surface area contributed by atoms with E-state index in [2.05, 4.69) is 5.32 Å². The lowest BCUT2D eigenvalue weighted by molar-refractivity contribution is -0.142. The maximum atomic E-state index is 11.1. The van der Waals surface area contributed by atoms with Gasteiger partial charge in [-0.3, -0.25) is 4.79 Å². The smallest absolute Gasteiger partial charge is 0.306 e. The average molecular weight is 298 g/mol. The van der Waals surface area contributed by atoms with Gasteiger partial charge in [0.15, 0.2) is 0 Å². The molecule has 0 amide bonds. The zero-order chi connectivity index (χ0) is 14.7. The summed E-state index contributed by atoms with van der Waals surface area (Å²) in [5.74, 6) is -0.255. The van der Waals surface area contributed by atoms with Crippen LogP contribution in [0.1, 0.15) is 31.2 Å². The fraction of sp³-hybridized carbons (Fsp3) is 0.533. The predicted molar refractivity (Wildman–Crippen MR) is 79.7 cm³/mol. The van der Waals surface area contributed by atoms with Gasteiger partial charge < -0.3 is 15.2 Å². The first-order chi connectivity index (χ1) is 9.51. The van der Waals surface area contributed by atoms with Gasteiger partial charge in [0, 0.05) is 17.1 Å². The number of hydrogen-bond donors (Lipinski definition) is 2. The van der Waals surface area contributed by atoms with Gasteiger partial charge >= 0.3 is 5.97 Å². The Morgan fingerprint density at radius 3 is 2.85 bits per heavy atom. The fourth-order valence-electron chi connectivity index (χ4n) is 2.71. The van der Waals surface area contributed by atoms with Crippen molar-refractivity contribution < 1.29 is 14.6 Å². The van der Waals surface area contributed by atoms with E-state index in [0.29, 0.717) is 17.2 Å². The maximum absolute atomic E-state index is 11.1. The number of carboxylic acid groups (broad SMARTS) is 1. The third-order valence-corrected chi connectivity index (χ3v) is 4.27. The Balaban J connectivity index is 2.13. The second-order valence-electron chi connectivity index (χ2n) is 5.34. The Labute approximate surface area is 124 Å². The molecule has 20 heavy (non-hydrogen) atoms. The molecule has 1 aromatic carbocycles. The third-order valence-electron chi connectivity index (χ3n) is 3.86. The average Bonchev–Trinajstić information content (AvgIpc) is 2.43. The van der Waals surface area contributed by atoms with Gasteiger partial charge in [-0.05, 0) is 37.8 Å². The van der Waals surface area contributed by atoms with E-state index in [-0.39, 0.29) is 12.0 Å². The van der Waals surface area contributed by atoms with Gasteiger partial charge in [0.25, 0.3) is 0 Å². The number of rotatable bonds is 4. The summed E-state index contributed by atoms with van der Waals surface area (Å²) in [5, 5.41) is 13.2. The summed E-state index contributed by atoms with van der Waals surface area (Å²) < 4.78 is 5.33. The Morgan fingerprint density at radius 2 is 2.20 bits per heavy atom. The molecular weight excluding hydrogens is 278 g/mol. The minimum atomic E-state index is -0.698. The van der Waals surface area contributed by atoms with Gasteiger partial charge in [-0.15, -0.1) is 0 Å². The molecule has 0 heterocycles. The molecule has 2 rings (SSSR count). The van der Waals surface area contributed by atoms with Gasteiger partial charge in [0.2, 0.25) is 0 Å². The summed E-state index contributed by atoms with van der Waals surface area (Å²) in [7, 11) is 1.60. The highest BCUT2D eigenvalue weighted by Crippen LogP contribution is 2.34. The second kappa shape index (κ2) is 6.35. The molecule has 0 radical (unpaired) electrons. The van der Waals surface area contributed by atoms with Crippen LogP contribution in [0.4, 0.5) is 5.69 Å². The Bertz CT molecular complexity index is 504. The summed E-state index contributed by atoms with van der Waals surface area (Å²) in [4.78, 5) is 11.1. The van der Waals surface area contributed by atoms with Gasteiger partial charge in [-0.25, -0.2) is 0 Å². The molecule has 1 aliphatic carbocycles. The SMILES string of the molecule is COc1cc(Cl)c(C)cc1NC1CCCC(C(=O)O)C1. The molecule has 0 saturated heterocycles. The quantitative estimate of drug-likeness (QED) is 0.889. The van der Waals surface area contributed by atoms with Crippen molar-refractivity contribution in [2.45, 2.75) is 38.6 Å². The van der Waals surface area contributed by atoms with Crippen LogP contribution in [0.2, 0.25) is 5.02 Å². The molecular formula is C15H20ClNO3. The summed E-state index contributed by atoms with van der Waals surface area (Å²) >= 11 is 6.09. The van der Waals surface area contributed by atoms with Crippen molar-refractivity contribution in [1.29, 1.82) is 0 Å². The highest BCUT2D eigenvalue weighted by Gasteiger charge is 2.27. The fourth-order valence-corrected chi connectivity index (χ4v) is 2.86. The number of ether oxygens (including phenoxy) is 1.